The number of benzene rings is 2. The summed E-state index contributed by atoms with van der Waals surface area (Å²) in [5.74, 6) is -0.988. The number of aliphatic carboxylic acids is 1. The summed E-state index contributed by atoms with van der Waals surface area (Å²) < 4.78 is 0. The molecule has 1 unspecified atom stereocenters. The summed E-state index contributed by atoms with van der Waals surface area (Å²) in [5.41, 5.74) is 5.16. The Morgan fingerprint density at radius 1 is 1.00 bits per heavy atom. The molecule has 3 nitrogen and oxygen atoms in total. The lowest BCUT2D eigenvalue weighted by Gasteiger charge is -2.04. The van der Waals surface area contributed by atoms with Crippen LogP contribution in [0.25, 0.3) is 21.7 Å². The number of carboxylic acid groups (broad SMARTS) is 1. The number of aryl methyl sites for hydroxylation is 2. The van der Waals surface area contributed by atoms with E-state index in [1.165, 1.54) is 22.5 Å². The fourth-order valence-corrected chi connectivity index (χ4v) is 3.66. The van der Waals surface area contributed by atoms with Crippen molar-refractivity contribution in [3.05, 3.63) is 64.7 Å². The largest absolute Gasteiger partial charge is 0.480 e. The lowest BCUT2D eigenvalue weighted by atomic mass is 10.0. The molecule has 0 bridgehead atoms. The monoisotopic (exact) mass is 355 g/mol. The van der Waals surface area contributed by atoms with Gasteiger partial charge in [0, 0.05) is 5.56 Å². The minimum atomic E-state index is -0.988. The normalized spacial score (nSPS) is 12.1. The zero-order valence-corrected chi connectivity index (χ0v) is 15.1. The van der Waals surface area contributed by atoms with Crippen molar-refractivity contribution in [2.45, 2.75) is 19.1 Å². The highest BCUT2D eigenvalue weighted by Crippen LogP contribution is 2.40. The summed E-state index contributed by atoms with van der Waals surface area (Å²) in [4.78, 5) is 16.8. The van der Waals surface area contributed by atoms with E-state index < -0.39 is 11.2 Å². The van der Waals surface area contributed by atoms with Crippen molar-refractivity contribution in [3.63, 3.8) is 0 Å². The van der Waals surface area contributed by atoms with Crippen LogP contribution in [0.1, 0.15) is 21.4 Å². The lowest BCUT2D eigenvalue weighted by molar-refractivity contribution is -0.136. The first-order valence-electron chi connectivity index (χ1n) is 7.51. The minimum absolute atomic E-state index is 0.497. The highest BCUT2D eigenvalue weighted by molar-refractivity contribution is 7.81. The zero-order valence-electron chi connectivity index (χ0n) is 13.4. The maximum absolute atomic E-state index is 11.3. The summed E-state index contributed by atoms with van der Waals surface area (Å²) in [5, 5.41) is 8.82. The number of nitrogens with zero attached hydrogens (tertiary/aromatic N) is 1. The second kappa shape index (κ2) is 6.79. The molecular formula is C19H17NO2S2. The molecule has 24 heavy (non-hydrogen) atoms. The van der Waals surface area contributed by atoms with Gasteiger partial charge in [0.1, 0.15) is 5.01 Å². The van der Waals surface area contributed by atoms with Crippen LogP contribution in [0.3, 0.4) is 0 Å². The fraction of sp³-hybridized carbons (Fsp3) is 0.158. The molecule has 0 aliphatic rings. The average molecular weight is 355 g/mol. The topological polar surface area (TPSA) is 50.2 Å². The van der Waals surface area contributed by atoms with Crippen molar-refractivity contribution in [2.75, 3.05) is 0 Å². The Hall–Kier alpha value is -2.11. The Kier molecular flexibility index (Phi) is 4.73. The number of aromatic nitrogens is 1. The first-order valence-corrected chi connectivity index (χ1v) is 8.84. The molecule has 3 rings (SSSR count). The first kappa shape index (κ1) is 16.7. The molecule has 1 atom stereocenters. The lowest BCUT2D eigenvalue weighted by Crippen LogP contribution is -2.04. The van der Waals surface area contributed by atoms with E-state index in [4.69, 9.17) is 0 Å². The number of carboxylic acids is 1. The van der Waals surface area contributed by atoms with Crippen LogP contribution in [-0.4, -0.2) is 16.1 Å². The quantitative estimate of drug-likeness (QED) is 0.636. The smallest absolute Gasteiger partial charge is 0.323 e. The van der Waals surface area contributed by atoms with Crippen LogP contribution in [0.2, 0.25) is 0 Å². The number of rotatable bonds is 4. The van der Waals surface area contributed by atoms with Gasteiger partial charge in [-0.3, -0.25) is 4.79 Å². The molecule has 2 aromatic carbocycles. The molecule has 0 radical (unpaired) electrons. The standard InChI is InChI=1S/C19H17NO2S2/c1-11-3-7-13(8-4-11)15-17(14-9-5-12(2)6-10-14)24-18(20-15)16(23)19(21)22/h3-10,16,23H,1-2H3,(H,21,22). The Labute approximate surface area is 150 Å². The molecule has 1 N–H and O–H groups in total. The third kappa shape index (κ3) is 3.37. The van der Waals surface area contributed by atoms with Crippen LogP contribution in [0.4, 0.5) is 0 Å². The van der Waals surface area contributed by atoms with Gasteiger partial charge in [-0.2, -0.15) is 12.6 Å². The van der Waals surface area contributed by atoms with Crippen molar-refractivity contribution in [2.24, 2.45) is 0 Å². The number of carbonyl (C=O) groups is 1. The van der Waals surface area contributed by atoms with Gasteiger partial charge in [0.2, 0.25) is 0 Å². The van der Waals surface area contributed by atoms with Gasteiger partial charge in [-0.25, -0.2) is 4.98 Å². The van der Waals surface area contributed by atoms with Gasteiger partial charge in [-0.1, -0.05) is 59.7 Å². The van der Waals surface area contributed by atoms with E-state index in [1.807, 2.05) is 62.4 Å². The van der Waals surface area contributed by atoms with E-state index in [-0.39, 0.29) is 0 Å². The van der Waals surface area contributed by atoms with Gasteiger partial charge in [0.15, 0.2) is 5.25 Å². The third-order valence-corrected chi connectivity index (χ3v) is 5.56. The molecule has 1 heterocycles. The van der Waals surface area contributed by atoms with Crippen LogP contribution in [-0.2, 0) is 4.79 Å². The molecule has 0 aliphatic heterocycles. The molecule has 0 fully saturated rings. The van der Waals surface area contributed by atoms with Gasteiger partial charge in [-0.05, 0) is 19.4 Å². The summed E-state index contributed by atoms with van der Waals surface area (Å²) in [7, 11) is 0. The third-order valence-electron chi connectivity index (χ3n) is 3.75. The Morgan fingerprint density at radius 3 is 2.00 bits per heavy atom. The van der Waals surface area contributed by atoms with Crippen LogP contribution in [0.15, 0.2) is 48.5 Å². The summed E-state index contributed by atoms with van der Waals surface area (Å²) in [6.07, 6.45) is 0. The SMILES string of the molecule is Cc1ccc(-c2nc(C(S)C(=O)O)sc2-c2ccc(C)cc2)cc1. The van der Waals surface area contributed by atoms with Crippen molar-refractivity contribution in [1.82, 2.24) is 4.98 Å². The minimum Gasteiger partial charge on any atom is -0.480 e. The van der Waals surface area contributed by atoms with Crippen LogP contribution in [0, 0.1) is 13.8 Å². The number of hydrogen-bond donors (Lipinski definition) is 2. The Bertz CT molecular complexity index is 804. The number of thiol groups is 1. The molecule has 3 aromatic rings. The van der Waals surface area contributed by atoms with Gasteiger partial charge >= 0.3 is 5.97 Å². The maximum atomic E-state index is 11.3. The number of thiazole rings is 1. The van der Waals surface area contributed by atoms with E-state index in [0.717, 1.165) is 21.7 Å². The van der Waals surface area contributed by atoms with Crippen LogP contribution >= 0.6 is 24.0 Å². The Morgan fingerprint density at radius 2 is 1.50 bits per heavy atom. The van der Waals surface area contributed by atoms with Crippen molar-refractivity contribution in [3.8, 4) is 21.7 Å². The molecule has 0 saturated heterocycles. The van der Waals surface area contributed by atoms with E-state index in [0.29, 0.717) is 5.01 Å². The second-order valence-corrected chi connectivity index (χ2v) is 7.25. The molecular weight excluding hydrogens is 338 g/mol. The molecule has 1 aromatic heterocycles. The summed E-state index contributed by atoms with van der Waals surface area (Å²) in [6, 6.07) is 16.3. The predicted octanol–water partition coefficient (Wildman–Crippen LogP) is 5.15. The summed E-state index contributed by atoms with van der Waals surface area (Å²) >= 11 is 5.57. The van der Waals surface area contributed by atoms with Gasteiger partial charge in [0.25, 0.3) is 0 Å². The first-order chi connectivity index (χ1) is 11.5. The fourth-order valence-electron chi connectivity index (χ4n) is 2.37. The van der Waals surface area contributed by atoms with E-state index in [9.17, 15) is 9.90 Å². The van der Waals surface area contributed by atoms with E-state index >= 15 is 0 Å². The van der Waals surface area contributed by atoms with E-state index in [2.05, 4.69) is 17.6 Å². The molecule has 122 valence electrons. The Balaban J connectivity index is 2.16. The van der Waals surface area contributed by atoms with Gasteiger partial charge in [-0.15, -0.1) is 11.3 Å². The van der Waals surface area contributed by atoms with Crippen molar-refractivity contribution in [1.29, 1.82) is 0 Å². The molecule has 0 saturated carbocycles. The second-order valence-electron chi connectivity index (χ2n) is 5.70. The summed E-state index contributed by atoms with van der Waals surface area (Å²) in [6.45, 7) is 4.07. The van der Waals surface area contributed by atoms with Gasteiger partial charge in [0.05, 0.1) is 10.6 Å². The maximum Gasteiger partial charge on any atom is 0.323 e. The van der Waals surface area contributed by atoms with Gasteiger partial charge < -0.3 is 5.11 Å². The molecule has 5 heteroatoms. The average Bonchev–Trinajstić information content (AvgIpc) is 3.00. The molecule has 0 aliphatic carbocycles. The van der Waals surface area contributed by atoms with Crippen molar-refractivity contribution >= 4 is 29.9 Å². The predicted molar refractivity (Wildman–Crippen MR) is 102 cm³/mol. The highest BCUT2D eigenvalue weighted by Gasteiger charge is 2.23. The highest BCUT2D eigenvalue weighted by atomic mass is 32.1. The zero-order chi connectivity index (χ0) is 17.3. The number of hydrogen-bond acceptors (Lipinski definition) is 4. The molecule has 0 spiro atoms. The van der Waals surface area contributed by atoms with E-state index in [1.54, 1.807) is 0 Å². The van der Waals surface area contributed by atoms with Crippen LogP contribution < -0.4 is 0 Å². The molecule has 0 amide bonds. The van der Waals surface area contributed by atoms with Crippen molar-refractivity contribution < 1.29 is 9.90 Å². The van der Waals surface area contributed by atoms with Crippen LogP contribution in [0.5, 0.6) is 0 Å².